The van der Waals surface area contributed by atoms with Crippen molar-refractivity contribution >= 4 is 17.2 Å². The van der Waals surface area contributed by atoms with Gasteiger partial charge in [0.15, 0.2) is 5.58 Å². The molecule has 16 heavy (non-hydrogen) atoms. The lowest BCUT2D eigenvalue weighted by Crippen LogP contribution is -2.05. The van der Waals surface area contributed by atoms with Gasteiger partial charge in [-0.05, 0) is 18.2 Å². The van der Waals surface area contributed by atoms with Crippen LogP contribution in [0.15, 0.2) is 33.3 Å². The first-order valence-corrected chi connectivity index (χ1v) is 4.95. The van der Waals surface area contributed by atoms with Crippen LogP contribution in [0.25, 0.3) is 17.2 Å². The second kappa shape index (κ2) is 3.20. The summed E-state index contributed by atoms with van der Waals surface area (Å²) in [6.45, 7) is 0. The predicted molar refractivity (Wildman–Crippen MR) is 59.0 cm³/mol. The van der Waals surface area contributed by atoms with Crippen molar-refractivity contribution in [2.24, 2.45) is 0 Å². The molecule has 1 aliphatic carbocycles. The molecule has 0 fully saturated rings. The molecule has 0 N–H and O–H groups in total. The summed E-state index contributed by atoms with van der Waals surface area (Å²) in [5.74, 6) is 0.764. The number of aromatic nitrogens is 1. The van der Waals surface area contributed by atoms with Gasteiger partial charge in [-0.1, -0.05) is 0 Å². The Bertz CT molecular complexity index is 655. The van der Waals surface area contributed by atoms with Gasteiger partial charge >= 0.3 is 5.63 Å². The SMILES string of the molecule is COC1=Cc2c(c3ncccc3oc2=O)C1. The molecule has 2 heterocycles. The van der Waals surface area contributed by atoms with Crippen LogP contribution in [0.5, 0.6) is 0 Å². The van der Waals surface area contributed by atoms with E-state index in [1.54, 1.807) is 31.5 Å². The highest BCUT2D eigenvalue weighted by Crippen LogP contribution is 2.27. The number of allylic oxidation sites excluding steroid dienone is 1. The molecule has 0 bridgehead atoms. The third-order valence-electron chi connectivity index (χ3n) is 2.72. The predicted octanol–water partition coefficient (Wildman–Crippen LogP) is 1.73. The Morgan fingerprint density at radius 1 is 1.50 bits per heavy atom. The monoisotopic (exact) mass is 215 g/mol. The van der Waals surface area contributed by atoms with Crippen LogP contribution in [0.2, 0.25) is 0 Å². The van der Waals surface area contributed by atoms with Crippen LogP contribution in [0, 0.1) is 0 Å². The maximum Gasteiger partial charge on any atom is 0.344 e. The molecule has 2 aromatic heterocycles. The Labute approximate surface area is 91.2 Å². The average Bonchev–Trinajstić information content (AvgIpc) is 2.74. The summed E-state index contributed by atoms with van der Waals surface area (Å²) in [5.41, 5.74) is 2.38. The molecule has 0 amide bonds. The zero-order valence-corrected chi connectivity index (χ0v) is 8.69. The van der Waals surface area contributed by atoms with E-state index in [-0.39, 0.29) is 5.63 Å². The first-order chi connectivity index (χ1) is 7.79. The molecule has 0 saturated heterocycles. The van der Waals surface area contributed by atoms with Gasteiger partial charge < -0.3 is 9.15 Å². The van der Waals surface area contributed by atoms with Gasteiger partial charge in [0.25, 0.3) is 0 Å². The summed E-state index contributed by atoms with van der Waals surface area (Å²) in [4.78, 5) is 15.9. The van der Waals surface area contributed by atoms with E-state index < -0.39 is 0 Å². The fourth-order valence-electron chi connectivity index (χ4n) is 1.95. The maximum absolute atomic E-state index is 11.7. The maximum atomic E-state index is 11.7. The Kier molecular flexibility index (Phi) is 1.83. The number of rotatable bonds is 1. The molecule has 0 spiro atoms. The van der Waals surface area contributed by atoms with Crippen molar-refractivity contribution in [1.82, 2.24) is 4.98 Å². The smallest absolute Gasteiger partial charge is 0.344 e. The number of hydrogen-bond acceptors (Lipinski definition) is 4. The van der Waals surface area contributed by atoms with Crippen LogP contribution >= 0.6 is 0 Å². The summed E-state index contributed by atoms with van der Waals surface area (Å²) in [6, 6.07) is 3.49. The molecule has 4 heteroatoms. The molecule has 0 unspecified atom stereocenters. The first kappa shape index (κ1) is 9.15. The Morgan fingerprint density at radius 3 is 3.19 bits per heavy atom. The van der Waals surface area contributed by atoms with Gasteiger partial charge in [0.05, 0.1) is 12.7 Å². The van der Waals surface area contributed by atoms with Crippen LogP contribution in [-0.4, -0.2) is 12.1 Å². The van der Waals surface area contributed by atoms with Crippen molar-refractivity contribution < 1.29 is 9.15 Å². The number of methoxy groups -OCH3 is 1. The molecule has 1 aliphatic rings. The van der Waals surface area contributed by atoms with E-state index in [0.29, 0.717) is 17.6 Å². The molecule has 0 radical (unpaired) electrons. The molecule has 0 saturated carbocycles. The second-order valence-corrected chi connectivity index (χ2v) is 3.62. The van der Waals surface area contributed by atoms with Crippen molar-refractivity contribution in [2.75, 3.05) is 7.11 Å². The lowest BCUT2D eigenvalue weighted by Gasteiger charge is -2.02. The average molecular weight is 215 g/mol. The number of hydrogen-bond donors (Lipinski definition) is 0. The topological polar surface area (TPSA) is 52.3 Å². The van der Waals surface area contributed by atoms with E-state index >= 15 is 0 Å². The van der Waals surface area contributed by atoms with Gasteiger partial charge in [0.1, 0.15) is 11.3 Å². The minimum Gasteiger partial charge on any atom is -0.501 e. The van der Waals surface area contributed by atoms with Crippen molar-refractivity contribution in [2.45, 2.75) is 6.42 Å². The molecule has 2 aromatic rings. The molecule has 0 atom stereocenters. The highest BCUT2D eigenvalue weighted by atomic mass is 16.5. The summed E-state index contributed by atoms with van der Waals surface area (Å²) in [7, 11) is 1.59. The first-order valence-electron chi connectivity index (χ1n) is 4.95. The van der Waals surface area contributed by atoms with E-state index in [1.807, 2.05) is 0 Å². The van der Waals surface area contributed by atoms with Crippen LogP contribution in [0.4, 0.5) is 0 Å². The normalized spacial score (nSPS) is 13.7. The highest BCUT2D eigenvalue weighted by molar-refractivity contribution is 5.82. The van der Waals surface area contributed by atoms with Crippen molar-refractivity contribution in [1.29, 1.82) is 0 Å². The number of ether oxygens (including phenoxy) is 1. The van der Waals surface area contributed by atoms with Gasteiger partial charge in [0, 0.05) is 18.2 Å². The van der Waals surface area contributed by atoms with Crippen LogP contribution in [0.3, 0.4) is 0 Å². The lowest BCUT2D eigenvalue weighted by molar-refractivity contribution is 0.290. The highest BCUT2D eigenvalue weighted by Gasteiger charge is 2.21. The fourth-order valence-corrected chi connectivity index (χ4v) is 1.95. The fraction of sp³-hybridized carbons (Fsp3) is 0.167. The molecule has 0 aliphatic heterocycles. The second-order valence-electron chi connectivity index (χ2n) is 3.62. The largest absolute Gasteiger partial charge is 0.501 e. The number of pyridine rings is 1. The molecule has 3 rings (SSSR count). The Balaban J connectivity index is 2.37. The Hall–Kier alpha value is -2.10. The van der Waals surface area contributed by atoms with E-state index in [2.05, 4.69) is 4.98 Å². The van der Waals surface area contributed by atoms with Gasteiger partial charge in [-0.15, -0.1) is 0 Å². The van der Waals surface area contributed by atoms with Crippen molar-refractivity contribution in [3.63, 3.8) is 0 Å². The third-order valence-corrected chi connectivity index (χ3v) is 2.72. The zero-order chi connectivity index (χ0) is 11.1. The van der Waals surface area contributed by atoms with E-state index in [0.717, 1.165) is 16.8 Å². The molecule has 0 aromatic carbocycles. The lowest BCUT2D eigenvalue weighted by atomic mass is 10.1. The zero-order valence-electron chi connectivity index (χ0n) is 8.69. The minimum absolute atomic E-state index is 0.331. The van der Waals surface area contributed by atoms with E-state index in [4.69, 9.17) is 9.15 Å². The van der Waals surface area contributed by atoms with Crippen molar-refractivity contribution in [3.8, 4) is 0 Å². The van der Waals surface area contributed by atoms with Crippen molar-refractivity contribution in [3.05, 3.63) is 45.6 Å². The minimum atomic E-state index is -0.331. The molecular formula is C12H9NO3. The summed E-state index contributed by atoms with van der Waals surface area (Å²) >= 11 is 0. The quantitative estimate of drug-likeness (QED) is 0.727. The summed E-state index contributed by atoms with van der Waals surface area (Å²) in [5, 5.41) is 0. The molecule has 4 nitrogen and oxygen atoms in total. The van der Waals surface area contributed by atoms with Gasteiger partial charge in [-0.3, -0.25) is 4.98 Å². The van der Waals surface area contributed by atoms with Crippen LogP contribution in [0.1, 0.15) is 11.1 Å². The number of fused-ring (bicyclic) bond motifs is 3. The van der Waals surface area contributed by atoms with Gasteiger partial charge in [0.2, 0.25) is 0 Å². The third kappa shape index (κ3) is 1.16. The standard InChI is InChI=1S/C12H9NO3/c1-15-7-5-8-9(6-7)12(14)16-10-3-2-4-13-11(8)10/h2-4,6H,5H2,1H3. The van der Waals surface area contributed by atoms with Crippen LogP contribution in [-0.2, 0) is 11.2 Å². The van der Waals surface area contributed by atoms with Crippen LogP contribution < -0.4 is 5.63 Å². The summed E-state index contributed by atoms with van der Waals surface area (Å²) < 4.78 is 10.3. The van der Waals surface area contributed by atoms with E-state index in [1.165, 1.54) is 0 Å². The van der Waals surface area contributed by atoms with E-state index in [9.17, 15) is 4.79 Å². The summed E-state index contributed by atoms with van der Waals surface area (Å²) in [6.07, 6.45) is 4.01. The number of nitrogens with zero attached hydrogens (tertiary/aromatic N) is 1. The Morgan fingerprint density at radius 2 is 2.38 bits per heavy atom. The molecular weight excluding hydrogens is 206 g/mol. The molecule has 80 valence electrons. The van der Waals surface area contributed by atoms with Gasteiger partial charge in [-0.25, -0.2) is 4.79 Å². The van der Waals surface area contributed by atoms with Gasteiger partial charge in [-0.2, -0.15) is 0 Å².